The maximum Gasteiger partial charge on any atom is 0.278 e. The average molecular weight is 519 g/mol. The maximum atomic E-state index is 14.9. The van der Waals surface area contributed by atoms with E-state index in [0.29, 0.717) is 16.4 Å². The lowest BCUT2D eigenvalue weighted by Gasteiger charge is -2.22. The van der Waals surface area contributed by atoms with Crippen LogP contribution in [0.1, 0.15) is 43.0 Å². The van der Waals surface area contributed by atoms with Crippen molar-refractivity contribution in [3.8, 4) is 11.4 Å². The molecule has 1 aliphatic carbocycles. The number of aryl methyl sites for hydroxylation is 1. The van der Waals surface area contributed by atoms with Gasteiger partial charge in [-0.1, -0.05) is 40.5 Å². The molecule has 1 aliphatic heterocycles. The van der Waals surface area contributed by atoms with E-state index >= 15 is 0 Å². The monoisotopic (exact) mass is 518 g/mol. The average Bonchev–Trinajstić information content (AvgIpc) is 3.39. The number of fused-ring (bicyclic) bond motifs is 1. The Labute approximate surface area is 210 Å². The van der Waals surface area contributed by atoms with Gasteiger partial charge in [0.15, 0.2) is 11.4 Å². The Hall–Kier alpha value is -3.17. The van der Waals surface area contributed by atoms with E-state index < -0.39 is 16.3 Å². The van der Waals surface area contributed by atoms with Gasteiger partial charge in [-0.05, 0) is 44.7 Å². The lowest BCUT2D eigenvalue weighted by atomic mass is 9.96. The van der Waals surface area contributed by atoms with Gasteiger partial charge in [-0.25, -0.2) is 9.07 Å². The highest BCUT2D eigenvalue weighted by Gasteiger charge is 2.38. The molecule has 1 unspecified atom stereocenters. The molecular weight excluding hydrogens is 498 g/mol. The quantitative estimate of drug-likeness (QED) is 0.291. The van der Waals surface area contributed by atoms with Crippen molar-refractivity contribution < 1.29 is 18.9 Å². The number of rotatable bonds is 6. The van der Waals surface area contributed by atoms with Crippen LogP contribution in [-0.2, 0) is 17.7 Å². The molecule has 2 aromatic carbocycles. The fourth-order valence-corrected chi connectivity index (χ4v) is 4.92. The third-order valence-electron chi connectivity index (χ3n) is 6.19. The SMILES string of the molecule is CC1(COc2cc(-n3nc4c(c3Cl)CCCC4)c(F)cc2Cl)CC(c2ccccc2[N+](=O)[O-])=NO1. The van der Waals surface area contributed by atoms with E-state index in [0.717, 1.165) is 43.0 Å². The van der Waals surface area contributed by atoms with Gasteiger partial charge in [-0.2, -0.15) is 5.10 Å². The highest BCUT2D eigenvalue weighted by Crippen LogP contribution is 2.36. The first-order valence-electron chi connectivity index (χ1n) is 11.1. The van der Waals surface area contributed by atoms with E-state index in [1.165, 1.54) is 16.8 Å². The van der Waals surface area contributed by atoms with Crippen LogP contribution < -0.4 is 4.74 Å². The molecular formula is C24H21Cl2FN4O4. The molecule has 0 amide bonds. The van der Waals surface area contributed by atoms with E-state index in [2.05, 4.69) is 10.3 Å². The molecule has 0 N–H and O–H groups in total. The first-order chi connectivity index (χ1) is 16.8. The summed E-state index contributed by atoms with van der Waals surface area (Å²) in [5.74, 6) is -0.342. The molecule has 0 fully saturated rings. The highest BCUT2D eigenvalue weighted by molar-refractivity contribution is 6.32. The van der Waals surface area contributed by atoms with Crippen LogP contribution in [0.4, 0.5) is 10.1 Å². The number of ether oxygens (including phenoxy) is 1. The third kappa shape index (κ3) is 4.46. The standard InChI is InChI=1S/C24H21Cl2FN4O4/c1-24(12-19(29-35-24)14-6-3-5-9-20(14)31(32)33)13-34-22-11-21(17(27)10-16(22)25)30-23(26)15-7-2-4-8-18(15)28-30/h3,5-6,9-11H,2,4,7-8,12-13H2,1H3. The van der Waals surface area contributed by atoms with E-state index in [4.69, 9.17) is 32.8 Å². The molecule has 0 saturated heterocycles. The second-order valence-corrected chi connectivity index (χ2v) is 9.65. The van der Waals surface area contributed by atoms with E-state index in [9.17, 15) is 14.5 Å². The number of benzene rings is 2. The van der Waals surface area contributed by atoms with Crippen molar-refractivity contribution in [3.05, 3.63) is 79.3 Å². The fourth-order valence-electron chi connectivity index (χ4n) is 4.38. The number of para-hydroxylation sites is 1. The summed E-state index contributed by atoms with van der Waals surface area (Å²) in [6.07, 6.45) is 3.93. The van der Waals surface area contributed by atoms with Crippen LogP contribution >= 0.6 is 23.2 Å². The summed E-state index contributed by atoms with van der Waals surface area (Å²) in [5.41, 5.74) is 1.84. The molecule has 3 aromatic rings. The van der Waals surface area contributed by atoms with Gasteiger partial charge in [-0.3, -0.25) is 10.1 Å². The van der Waals surface area contributed by atoms with Gasteiger partial charge in [0, 0.05) is 24.1 Å². The largest absolute Gasteiger partial charge is 0.488 e. The van der Waals surface area contributed by atoms with E-state index in [1.54, 1.807) is 25.1 Å². The summed E-state index contributed by atoms with van der Waals surface area (Å²) < 4.78 is 22.2. The number of hydrogen-bond donors (Lipinski definition) is 0. The van der Waals surface area contributed by atoms with Crippen molar-refractivity contribution in [1.82, 2.24) is 9.78 Å². The second-order valence-electron chi connectivity index (χ2n) is 8.89. The minimum absolute atomic E-state index is 0.0226. The van der Waals surface area contributed by atoms with Crippen LogP contribution in [0.2, 0.25) is 10.2 Å². The lowest BCUT2D eigenvalue weighted by molar-refractivity contribution is -0.385. The Balaban J connectivity index is 1.36. The molecule has 0 spiro atoms. The Morgan fingerprint density at radius 2 is 2.03 bits per heavy atom. The van der Waals surface area contributed by atoms with Gasteiger partial charge in [0.2, 0.25) is 0 Å². The summed E-state index contributed by atoms with van der Waals surface area (Å²) in [4.78, 5) is 16.5. The molecule has 1 atom stereocenters. The zero-order valence-electron chi connectivity index (χ0n) is 18.8. The lowest BCUT2D eigenvalue weighted by Crippen LogP contribution is -2.33. The summed E-state index contributed by atoms with van der Waals surface area (Å²) in [6, 6.07) is 8.97. The zero-order valence-corrected chi connectivity index (χ0v) is 20.3. The number of halogens is 3. The third-order valence-corrected chi connectivity index (χ3v) is 6.87. The predicted molar refractivity (Wildman–Crippen MR) is 129 cm³/mol. The highest BCUT2D eigenvalue weighted by atomic mass is 35.5. The molecule has 0 radical (unpaired) electrons. The minimum Gasteiger partial charge on any atom is -0.488 e. The van der Waals surface area contributed by atoms with Crippen LogP contribution in [0.5, 0.6) is 5.75 Å². The normalized spacial score (nSPS) is 19.1. The Morgan fingerprint density at radius 3 is 2.80 bits per heavy atom. The molecule has 1 aromatic heterocycles. The maximum absolute atomic E-state index is 14.9. The van der Waals surface area contributed by atoms with Crippen LogP contribution in [-0.4, -0.2) is 32.6 Å². The molecule has 0 saturated carbocycles. The van der Waals surface area contributed by atoms with Gasteiger partial charge >= 0.3 is 0 Å². The zero-order chi connectivity index (χ0) is 24.7. The number of aromatic nitrogens is 2. The van der Waals surface area contributed by atoms with Crippen molar-refractivity contribution in [1.29, 1.82) is 0 Å². The smallest absolute Gasteiger partial charge is 0.278 e. The van der Waals surface area contributed by atoms with Crippen molar-refractivity contribution in [2.75, 3.05) is 6.61 Å². The number of nitro groups is 1. The summed E-state index contributed by atoms with van der Waals surface area (Å²) >= 11 is 12.8. The van der Waals surface area contributed by atoms with Crippen molar-refractivity contribution in [2.45, 2.75) is 44.6 Å². The Bertz CT molecular complexity index is 1360. The fraction of sp³-hybridized carbons (Fsp3) is 0.333. The van der Waals surface area contributed by atoms with Crippen molar-refractivity contribution in [2.24, 2.45) is 5.16 Å². The van der Waals surface area contributed by atoms with Crippen LogP contribution in [0.25, 0.3) is 5.69 Å². The minimum atomic E-state index is -0.903. The van der Waals surface area contributed by atoms with Gasteiger partial charge < -0.3 is 9.57 Å². The van der Waals surface area contributed by atoms with Crippen LogP contribution in [0.15, 0.2) is 41.6 Å². The number of hydrogen-bond acceptors (Lipinski definition) is 6. The first-order valence-corrected chi connectivity index (χ1v) is 11.9. The molecule has 35 heavy (non-hydrogen) atoms. The topological polar surface area (TPSA) is 91.8 Å². The first kappa shape index (κ1) is 23.6. The molecule has 0 bridgehead atoms. The summed E-state index contributed by atoms with van der Waals surface area (Å²) in [5, 5.41) is 20.4. The number of nitro benzene ring substituents is 1. The van der Waals surface area contributed by atoms with E-state index in [-0.39, 0.29) is 35.2 Å². The molecule has 2 heterocycles. The molecule has 8 nitrogen and oxygen atoms in total. The number of nitrogens with zero attached hydrogens (tertiary/aromatic N) is 4. The van der Waals surface area contributed by atoms with Gasteiger partial charge in [0.25, 0.3) is 5.69 Å². The van der Waals surface area contributed by atoms with Crippen molar-refractivity contribution >= 4 is 34.6 Å². The van der Waals surface area contributed by atoms with Gasteiger partial charge in [0.1, 0.15) is 23.2 Å². The molecule has 182 valence electrons. The van der Waals surface area contributed by atoms with E-state index in [1.807, 2.05) is 0 Å². The molecule has 11 heteroatoms. The van der Waals surface area contributed by atoms with Crippen LogP contribution in [0.3, 0.4) is 0 Å². The predicted octanol–water partition coefficient (Wildman–Crippen LogP) is 6.07. The Kier molecular flexibility index (Phi) is 6.14. The van der Waals surface area contributed by atoms with Crippen molar-refractivity contribution in [3.63, 3.8) is 0 Å². The van der Waals surface area contributed by atoms with Crippen LogP contribution in [0, 0.1) is 15.9 Å². The summed E-state index contributed by atoms with van der Waals surface area (Å²) in [6.45, 7) is 1.80. The van der Waals surface area contributed by atoms with Gasteiger partial charge in [-0.15, -0.1) is 0 Å². The van der Waals surface area contributed by atoms with Gasteiger partial charge in [0.05, 0.1) is 26.9 Å². The summed E-state index contributed by atoms with van der Waals surface area (Å²) in [7, 11) is 0. The second kappa shape index (κ2) is 9.13. The molecule has 2 aliphatic rings. The molecule has 5 rings (SSSR count). The Morgan fingerprint density at radius 1 is 1.26 bits per heavy atom. The number of oxime groups is 1.